The van der Waals surface area contributed by atoms with Crippen molar-refractivity contribution < 1.29 is 27.4 Å². The van der Waals surface area contributed by atoms with Crippen molar-refractivity contribution in [2.75, 3.05) is 46.5 Å². The van der Waals surface area contributed by atoms with Crippen LogP contribution in [0.15, 0.2) is 18.3 Å². The summed E-state index contributed by atoms with van der Waals surface area (Å²) in [6.07, 6.45) is -2.25. The largest absolute Gasteiger partial charge is 0.467 e. The second-order valence-electron chi connectivity index (χ2n) is 5.92. The molecule has 1 fully saturated rings. The second kappa shape index (κ2) is 9.00. The van der Waals surface area contributed by atoms with Gasteiger partial charge in [-0.2, -0.15) is 13.2 Å². The van der Waals surface area contributed by atoms with Gasteiger partial charge >= 0.3 is 6.18 Å². The SMILES string of the molecule is COCCN1CC[C@H](CNC(=O)c2cccnc2OCC(F)(F)F)C1. The molecule has 9 heteroatoms. The molecule has 1 aliphatic rings. The molecule has 0 radical (unpaired) electrons. The van der Waals surface area contributed by atoms with Crippen molar-refractivity contribution in [2.45, 2.75) is 12.6 Å². The molecule has 1 N–H and O–H groups in total. The highest BCUT2D eigenvalue weighted by atomic mass is 19.4. The van der Waals surface area contributed by atoms with Crippen molar-refractivity contribution >= 4 is 5.91 Å². The van der Waals surface area contributed by atoms with Crippen molar-refractivity contribution in [2.24, 2.45) is 5.92 Å². The van der Waals surface area contributed by atoms with E-state index in [9.17, 15) is 18.0 Å². The lowest BCUT2D eigenvalue weighted by atomic mass is 10.1. The van der Waals surface area contributed by atoms with Crippen molar-refractivity contribution in [1.29, 1.82) is 0 Å². The predicted molar refractivity (Wildman–Crippen MR) is 84.5 cm³/mol. The number of carbonyl (C=O) groups is 1. The molecule has 25 heavy (non-hydrogen) atoms. The lowest BCUT2D eigenvalue weighted by molar-refractivity contribution is -0.154. The van der Waals surface area contributed by atoms with E-state index in [1.54, 1.807) is 7.11 Å². The van der Waals surface area contributed by atoms with Gasteiger partial charge in [0, 0.05) is 32.9 Å². The van der Waals surface area contributed by atoms with Crippen molar-refractivity contribution in [1.82, 2.24) is 15.2 Å². The molecule has 1 saturated heterocycles. The molecule has 2 heterocycles. The third-order valence-corrected chi connectivity index (χ3v) is 3.92. The van der Waals surface area contributed by atoms with Gasteiger partial charge in [-0.1, -0.05) is 0 Å². The van der Waals surface area contributed by atoms with Crippen LogP contribution < -0.4 is 10.1 Å². The summed E-state index contributed by atoms with van der Waals surface area (Å²) in [5, 5.41) is 2.76. The highest BCUT2D eigenvalue weighted by molar-refractivity contribution is 5.96. The number of carbonyl (C=O) groups excluding carboxylic acids is 1. The lowest BCUT2D eigenvalue weighted by Crippen LogP contribution is -2.32. The van der Waals surface area contributed by atoms with Gasteiger partial charge in [-0.3, -0.25) is 4.79 Å². The van der Waals surface area contributed by atoms with Crippen LogP contribution in [-0.4, -0.2) is 68.5 Å². The standard InChI is InChI=1S/C16H22F3N3O3/c1-24-8-7-22-6-4-12(10-22)9-21-14(23)13-3-2-5-20-15(13)25-11-16(17,18)19/h2-3,5,12H,4,6-11H2,1H3,(H,21,23)/t12-/m1/s1. The molecular formula is C16H22F3N3O3. The third kappa shape index (κ3) is 6.50. The summed E-state index contributed by atoms with van der Waals surface area (Å²) in [5.41, 5.74) is 0.000913. The molecular weight excluding hydrogens is 339 g/mol. The topological polar surface area (TPSA) is 63.7 Å². The average molecular weight is 361 g/mol. The molecule has 2 rings (SSSR count). The molecule has 0 saturated carbocycles. The Balaban J connectivity index is 1.85. The van der Waals surface area contributed by atoms with Crippen LogP contribution in [0.3, 0.4) is 0 Å². The van der Waals surface area contributed by atoms with Gasteiger partial charge in [0.05, 0.1) is 6.61 Å². The van der Waals surface area contributed by atoms with Gasteiger partial charge in [-0.05, 0) is 31.0 Å². The minimum absolute atomic E-state index is 0.000913. The molecule has 1 aliphatic heterocycles. The number of methoxy groups -OCH3 is 1. The zero-order valence-electron chi connectivity index (χ0n) is 14.0. The fraction of sp³-hybridized carbons (Fsp3) is 0.625. The number of aromatic nitrogens is 1. The number of hydrogen-bond donors (Lipinski definition) is 1. The maximum absolute atomic E-state index is 12.3. The fourth-order valence-corrected chi connectivity index (χ4v) is 2.66. The number of halogens is 3. The van der Waals surface area contributed by atoms with E-state index in [-0.39, 0.29) is 11.4 Å². The summed E-state index contributed by atoms with van der Waals surface area (Å²) in [6, 6.07) is 2.88. The maximum Gasteiger partial charge on any atom is 0.422 e. The molecule has 0 bridgehead atoms. The van der Waals surface area contributed by atoms with Gasteiger partial charge in [-0.15, -0.1) is 0 Å². The average Bonchev–Trinajstić information content (AvgIpc) is 3.03. The Morgan fingerprint density at radius 1 is 1.48 bits per heavy atom. The molecule has 140 valence electrons. The number of hydrogen-bond acceptors (Lipinski definition) is 5. The zero-order chi connectivity index (χ0) is 18.3. The highest BCUT2D eigenvalue weighted by Crippen LogP contribution is 2.20. The van der Waals surface area contributed by atoms with Gasteiger partial charge in [0.15, 0.2) is 6.61 Å². The smallest absolute Gasteiger partial charge is 0.422 e. The first-order chi connectivity index (χ1) is 11.9. The molecule has 0 unspecified atom stereocenters. The number of amides is 1. The first-order valence-electron chi connectivity index (χ1n) is 8.03. The van der Waals surface area contributed by atoms with Gasteiger partial charge in [-0.25, -0.2) is 4.98 Å². The normalized spacial score (nSPS) is 18.3. The van der Waals surface area contributed by atoms with E-state index >= 15 is 0 Å². The number of rotatable bonds is 8. The monoisotopic (exact) mass is 361 g/mol. The van der Waals surface area contributed by atoms with E-state index in [0.717, 1.165) is 26.1 Å². The Morgan fingerprint density at radius 3 is 3.00 bits per heavy atom. The zero-order valence-corrected chi connectivity index (χ0v) is 14.0. The van der Waals surface area contributed by atoms with Crippen LogP contribution >= 0.6 is 0 Å². The number of likely N-dealkylation sites (tertiary alicyclic amines) is 1. The molecule has 0 aliphatic carbocycles. The quantitative estimate of drug-likeness (QED) is 0.764. The van der Waals surface area contributed by atoms with Crippen LogP contribution in [0.25, 0.3) is 0 Å². The van der Waals surface area contributed by atoms with Crippen LogP contribution in [0, 0.1) is 5.92 Å². The Hall–Kier alpha value is -1.87. The van der Waals surface area contributed by atoms with Crippen LogP contribution in [0.1, 0.15) is 16.8 Å². The summed E-state index contributed by atoms with van der Waals surface area (Å²) in [5.74, 6) is -0.497. The maximum atomic E-state index is 12.3. The van der Waals surface area contributed by atoms with E-state index < -0.39 is 18.7 Å². The Labute approximate surface area is 144 Å². The third-order valence-electron chi connectivity index (χ3n) is 3.92. The van der Waals surface area contributed by atoms with Crippen molar-refractivity contribution in [3.8, 4) is 5.88 Å². The number of alkyl halides is 3. The van der Waals surface area contributed by atoms with E-state index in [4.69, 9.17) is 4.74 Å². The van der Waals surface area contributed by atoms with E-state index in [0.29, 0.717) is 19.1 Å². The van der Waals surface area contributed by atoms with Gasteiger partial charge in [0.1, 0.15) is 5.56 Å². The van der Waals surface area contributed by atoms with Crippen LogP contribution in [0.4, 0.5) is 13.2 Å². The lowest BCUT2D eigenvalue weighted by Gasteiger charge is -2.16. The van der Waals surface area contributed by atoms with Crippen LogP contribution in [0.5, 0.6) is 5.88 Å². The highest BCUT2D eigenvalue weighted by Gasteiger charge is 2.30. The number of pyridine rings is 1. The summed E-state index contributed by atoms with van der Waals surface area (Å²) in [4.78, 5) is 18.2. The van der Waals surface area contributed by atoms with E-state index in [1.807, 2.05) is 0 Å². The molecule has 1 aromatic rings. The first kappa shape index (κ1) is 19.5. The van der Waals surface area contributed by atoms with Gasteiger partial charge in [0.25, 0.3) is 5.91 Å². The van der Waals surface area contributed by atoms with Crippen molar-refractivity contribution in [3.63, 3.8) is 0 Å². The number of nitrogens with zero attached hydrogens (tertiary/aromatic N) is 2. The summed E-state index contributed by atoms with van der Waals surface area (Å²) in [6.45, 7) is 2.27. The second-order valence-corrected chi connectivity index (χ2v) is 5.92. The minimum Gasteiger partial charge on any atom is -0.467 e. The van der Waals surface area contributed by atoms with Crippen molar-refractivity contribution in [3.05, 3.63) is 23.9 Å². The Kier molecular flexibility index (Phi) is 7.01. The molecule has 0 spiro atoms. The predicted octanol–water partition coefficient (Wildman–Crippen LogP) is 1.72. The molecule has 1 atom stereocenters. The Morgan fingerprint density at radius 2 is 2.28 bits per heavy atom. The van der Waals surface area contributed by atoms with Gasteiger partial charge in [0.2, 0.25) is 5.88 Å². The molecule has 0 aromatic carbocycles. The molecule has 1 amide bonds. The number of ether oxygens (including phenoxy) is 2. The minimum atomic E-state index is -4.49. The van der Waals surface area contributed by atoms with E-state index in [1.165, 1.54) is 18.3 Å². The van der Waals surface area contributed by atoms with Crippen LogP contribution in [0.2, 0.25) is 0 Å². The summed E-state index contributed by atoms with van der Waals surface area (Å²) < 4.78 is 46.5. The number of nitrogens with one attached hydrogen (secondary N) is 1. The van der Waals surface area contributed by atoms with E-state index in [2.05, 4.69) is 19.9 Å². The first-order valence-corrected chi connectivity index (χ1v) is 8.03. The molecule has 1 aromatic heterocycles. The van der Waals surface area contributed by atoms with Crippen LogP contribution in [-0.2, 0) is 4.74 Å². The Bertz CT molecular complexity index is 569. The van der Waals surface area contributed by atoms with Gasteiger partial charge < -0.3 is 19.7 Å². The summed E-state index contributed by atoms with van der Waals surface area (Å²) in [7, 11) is 1.65. The molecule has 6 nitrogen and oxygen atoms in total. The fourth-order valence-electron chi connectivity index (χ4n) is 2.66. The summed E-state index contributed by atoms with van der Waals surface area (Å²) >= 11 is 0.